The summed E-state index contributed by atoms with van der Waals surface area (Å²) < 4.78 is 5.12. The molecule has 1 aliphatic rings. The minimum absolute atomic E-state index is 0.0778. The number of hydrogen-bond acceptors (Lipinski definition) is 5. The van der Waals surface area contributed by atoms with Crippen molar-refractivity contribution < 1.29 is 9.66 Å². The Hall–Kier alpha value is -1.27. The van der Waals surface area contributed by atoms with Crippen molar-refractivity contribution in [1.29, 1.82) is 0 Å². The monoisotopic (exact) mass is 296 g/mol. The van der Waals surface area contributed by atoms with E-state index in [9.17, 15) is 10.1 Å². The molecule has 0 heterocycles. The minimum Gasteiger partial charge on any atom is -0.496 e. The zero-order chi connectivity index (χ0) is 14.5. The van der Waals surface area contributed by atoms with Gasteiger partial charge in [0.05, 0.1) is 18.1 Å². The Labute approximate surface area is 123 Å². The molecule has 0 spiro atoms. The molecule has 2 unspecified atom stereocenters. The average molecular weight is 296 g/mol. The van der Waals surface area contributed by atoms with Crippen LogP contribution in [0.2, 0.25) is 0 Å². The van der Waals surface area contributed by atoms with E-state index in [4.69, 9.17) is 4.74 Å². The molecule has 1 saturated carbocycles. The summed E-state index contributed by atoms with van der Waals surface area (Å²) in [4.78, 5) is 10.5. The van der Waals surface area contributed by atoms with Crippen molar-refractivity contribution in [2.24, 2.45) is 0 Å². The van der Waals surface area contributed by atoms with Gasteiger partial charge in [-0.15, -0.1) is 0 Å². The first-order chi connectivity index (χ1) is 9.63. The number of hydrogen-bond donors (Lipinski definition) is 1. The van der Waals surface area contributed by atoms with Crippen LogP contribution >= 0.6 is 11.8 Å². The number of thioether (sulfide) groups is 1. The van der Waals surface area contributed by atoms with E-state index in [-0.39, 0.29) is 10.6 Å². The van der Waals surface area contributed by atoms with Gasteiger partial charge in [-0.3, -0.25) is 10.1 Å². The highest BCUT2D eigenvalue weighted by molar-refractivity contribution is 7.99. The van der Waals surface area contributed by atoms with Crippen LogP contribution in [-0.4, -0.2) is 29.6 Å². The van der Waals surface area contributed by atoms with Crippen molar-refractivity contribution in [3.05, 3.63) is 33.9 Å². The van der Waals surface area contributed by atoms with Crippen molar-refractivity contribution in [3.8, 4) is 5.75 Å². The largest absolute Gasteiger partial charge is 0.496 e. The maximum Gasteiger partial charge on any atom is 0.273 e. The SMILES string of the molecule is COc1cc(CNC2CCCC2SC)cc([N+](=O)[O-])c1. The second-order valence-electron chi connectivity index (χ2n) is 4.99. The van der Waals surface area contributed by atoms with Crippen molar-refractivity contribution >= 4 is 17.4 Å². The van der Waals surface area contributed by atoms with Crippen LogP contribution in [0.3, 0.4) is 0 Å². The number of benzene rings is 1. The van der Waals surface area contributed by atoms with Gasteiger partial charge in [0.2, 0.25) is 0 Å². The summed E-state index contributed by atoms with van der Waals surface area (Å²) in [7, 11) is 1.52. The zero-order valence-corrected chi connectivity index (χ0v) is 12.6. The van der Waals surface area contributed by atoms with Crippen LogP contribution in [0.4, 0.5) is 5.69 Å². The summed E-state index contributed by atoms with van der Waals surface area (Å²) in [6, 6.07) is 5.40. The Balaban J connectivity index is 2.05. The molecule has 110 valence electrons. The number of nitrogens with one attached hydrogen (secondary N) is 1. The Bertz CT molecular complexity index is 481. The summed E-state index contributed by atoms with van der Waals surface area (Å²) in [6.07, 6.45) is 5.82. The molecule has 1 aliphatic carbocycles. The molecule has 1 aromatic carbocycles. The first-order valence-electron chi connectivity index (χ1n) is 6.72. The second kappa shape index (κ2) is 6.95. The van der Waals surface area contributed by atoms with Crippen LogP contribution in [0, 0.1) is 10.1 Å². The molecular formula is C14H20N2O3S. The van der Waals surface area contributed by atoms with Gasteiger partial charge in [-0.2, -0.15) is 11.8 Å². The van der Waals surface area contributed by atoms with Crippen LogP contribution in [0.15, 0.2) is 18.2 Å². The molecule has 20 heavy (non-hydrogen) atoms. The predicted octanol–water partition coefficient (Wildman–Crippen LogP) is 2.98. The van der Waals surface area contributed by atoms with Gasteiger partial charge >= 0.3 is 0 Å². The first kappa shape index (κ1) is 15.1. The molecule has 0 aliphatic heterocycles. The standard InChI is InChI=1S/C14H20N2O3S/c1-19-12-7-10(6-11(8-12)16(17)18)9-15-13-4-3-5-14(13)20-2/h6-8,13-15H,3-5,9H2,1-2H3. The van der Waals surface area contributed by atoms with Gasteiger partial charge in [-0.05, 0) is 30.7 Å². The molecule has 6 heteroatoms. The molecule has 0 amide bonds. The Morgan fingerprint density at radius 2 is 2.25 bits per heavy atom. The Kier molecular flexibility index (Phi) is 5.25. The summed E-state index contributed by atoms with van der Waals surface area (Å²) in [5, 5.41) is 15.1. The molecule has 0 saturated heterocycles. The third-order valence-corrected chi connectivity index (χ3v) is 4.89. The van der Waals surface area contributed by atoms with E-state index in [1.807, 2.05) is 17.8 Å². The number of nitrogens with zero attached hydrogens (tertiary/aromatic N) is 1. The van der Waals surface area contributed by atoms with Gasteiger partial charge in [-0.25, -0.2) is 0 Å². The van der Waals surface area contributed by atoms with E-state index >= 15 is 0 Å². The fourth-order valence-electron chi connectivity index (χ4n) is 2.66. The quantitative estimate of drug-likeness (QED) is 0.646. The molecule has 2 atom stereocenters. The molecule has 1 N–H and O–H groups in total. The summed E-state index contributed by atoms with van der Waals surface area (Å²) in [5.74, 6) is 0.531. The lowest BCUT2D eigenvalue weighted by Gasteiger charge is -2.19. The van der Waals surface area contributed by atoms with E-state index < -0.39 is 0 Å². The van der Waals surface area contributed by atoms with Gasteiger partial charge < -0.3 is 10.1 Å². The minimum atomic E-state index is -0.383. The maximum absolute atomic E-state index is 10.9. The number of nitro benzene ring substituents is 1. The molecule has 0 bridgehead atoms. The number of methoxy groups -OCH3 is 1. The van der Waals surface area contributed by atoms with Crippen LogP contribution in [-0.2, 0) is 6.54 Å². The van der Waals surface area contributed by atoms with Gasteiger partial charge in [0.25, 0.3) is 5.69 Å². The van der Waals surface area contributed by atoms with Gasteiger partial charge in [0.1, 0.15) is 5.75 Å². The third-order valence-electron chi connectivity index (χ3n) is 3.72. The second-order valence-corrected chi connectivity index (χ2v) is 6.07. The molecule has 1 aromatic rings. The van der Waals surface area contributed by atoms with E-state index in [0.717, 1.165) is 5.56 Å². The highest BCUT2D eigenvalue weighted by Crippen LogP contribution is 2.29. The number of nitro groups is 1. The summed E-state index contributed by atoms with van der Waals surface area (Å²) in [6.45, 7) is 0.639. The van der Waals surface area contributed by atoms with Crippen molar-refractivity contribution in [2.45, 2.75) is 37.1 Å². The van der Waals surface area contributed by atoms with E-state index in [1.165, 1.54) is 32.4 Å². The Morgan fingerprint density at radius 1 is 1.45 bits per heavy atom. The van der Waals surface area contributed by atoms with Crippen LogP contribution < -0.4 is 10.1 Å². The molecular weight excluding hydrogens is 276 g/mol. The van der Waals surface area contributed by atoms with Crippen molar-refractivity contribution in [1.82, 2.24) is 5.32 Å². The van der Waals surface area contributed by atoms with Gasteiger partial charge in [-0.1, -0.05) is 6.42 Å². The predicted molar refractivity (Wildman–Crippen MR) is 81.4 cm³/mol. The van der Waals surface area contributed by atoms with Gasteiger partial charge in [0, 0.05) is 23.9 Å². The average Bonchev–Trinajstić information content (AvgIpc) is 2.92. The number of non-ortho nitro benzene ring substituents is 1. The Morgan fingerprint density at radius 3 is 2.90 bits per heavy atom. The van der Waals surface area contributed by atoms with Crippen molar-refractivity contribution in [2.75, 3.05) is 13.4 Å². The normalized spacial score (nSPS) is 21.9. The van der Waals surface area contributed by atoms with Crippen LogP contribution in [0.5, 0.6) is 5.75 Å². The molecule has 1 fully saturated rings. The zero-order valence-electron chi connectivity index (χ0n) is 11.8. The lowest BCUT2D eigenvalue weighted by molar-refractivity contribution is -0.385. The van der Waals surface area contributed by atoms with Crippen molar-refractivity contribution in [3.63, 3.8) is 0 Å². The number of rotatable bonds is 6. The van der Waals surface area contributed by atoms with E-state index in [1.54, 1.807) is 6.07 Å². The lowest BCUT2D eigenvalue weighted by Crippen LogP contribution is -2.33. The summed E-state index contributed by atoms with van der Waals surface area (Å²) in [5.41, 5.74) is 0.969. The smallest absolute Gasteiger partial charge is 0.273 e. The fourth-order valence-corrected chi connectivity index (χ4v) is 3.62. The van der Waals surface area contributed by atoms with E-state index in [0.29, 0.717) is 23.6 Å². The van der Waals surface area contributed by atoms with E-state index in [2.05, 4.69) is 11.6 Å². The number of ether oxygens (including phenoxy) is 1. The molecule has 0 radical (unpaired) electrons. The van der Waals surface area contributed by atoms with Crippen LogP contribution in [0.1, 0.15) is 24.8 Å². The molecule has 5 nitrogen and oxygen atoms in total. The highest BCUT2D eigenvalue weighted by atomic mass is 32.2. The highest BCUT2D eigenvalue weighted by Gasteiger charge is 2.25. The third kappa shape index (κ3) is 3.64. The topological polar surface area (TPSA) is 64.4 Å². The fraction of sp³-hybridized carbons (Fsp3) is 0.571. The van der Waals surface area contributed by atoms with Crippen LogP contribution in [0.25, 0.3) is 0 Å². The maximum atomic E-state index is 10.9. The molecule has 2 rings (SSSR count). The first-order valence-corrected chi connectivity index (χ1v) is 8.01. The summed E-state index contributed by atoms with van der Waals surface area (Å²) >= 11 is 1.90. The molecule has 0 aromatic heterocycles. The lowest BCUT2D eigenvalue weighted by atomic mass is 10.1. The van der Waals surface area contributed by atoms with Gasteiger partial charge in [0.15, 0.2) is 0 Å².